The normalized spacial score (nSPS) is 20.8. The lowest BCUT2D eigenvalue weighted by Gasteiger charge is -2.38. The van der Waals surface area contributed by atoms with Crippen LogP contribution >= 0.6 is 0 Å². The molecular formula is C28H34F3N3O4. The van der Waals surface area contributed by atoms with Crippen molar-refractivity contribution in [3.63, 3.8) is 0 Å². The van der Waals surface area contributed by atoms with E-state index in [9.17, 15) is 27.9 Å². The molecule has 1 fully saturated rings. The Balaban J connectivity index is 1.59. The molecule has 0 aromatic heterocycles. The summed E-state index contributed by atoms with van der Waals surface area (Å²) >= 11 is 0. The number of benzene rings is 2. The van der Waals surface area contributed by atoms with E-state index in [-0.39, 0.29) is 30.3 Å². The summed E-state index contributed by atoms with van der Waals surface area (Å²) in [5.41, 5.74) is 0.763. The number of hydrogen-bond donors (Lipinski definition) is 2. The second kappa shape index (κ2) is 11.3. The van der Waals surface area contributed by atoms with Crippen molar-refractivity contribution < 1.29 is 32.6 Å². The second-order valence-corrected chi connectivity index (χ2v) is 10.5. The highest BCUT2D eigenvalue weighted by molar-refractivity contribution is 6.02. The molecule has 2 aliphatic rings. The van der Waals surface area contributed by atoms with Gasteiger partial charge in [-0.25, -0.2) is 0 Å². The first-order valence-electron chi connectivity index (χ1n) is 12.8. The lowest BCUT2D eigenvalue weighted by Crippen LogP contribution is -2.49. The van der Waals surface area contributed by atoms with Gasteiger partial charge in [-0.15, -0.1) is 0 Å². The molecule has 7 nitrogen and oxygen atoms in total. The largest absolute Gasteiger partial charge is 0.486 e. The van der Waals surface area contributed by atoms with Gasteiger partial charge in [-0.3, -0.25) is 14.5 Å². The monoisotopic (exact) mass is 533 g/mol. The molecule has 10 heteroatoms. The molecule has 1 saturated carbocycles. The number of carbonyl (C=O) groups excluding carboxylic acids is 2. The molecule has 206 valence electrons. The van der Waals surface area contributed by atoms with Crippen molar-refractivity contribution in [2.45, 2.75) is 51.6 Å². The maximum absolute atomic E-state index is 13.5. The maximum atomic E-state index is 13.5. The number of likely N-dealkylation sites (N-methyl/N-ethyl adjacent to an activating group) is 1. The van der Waals surface area contributed by atoms with E-state index in [1.54, 1.807) is 30.0 Å². The van der Waals surface area contributed by atoms with Crippen LogP contribution in [0.1, 0.15) is 48.2 Å². The zero-order valence-electron chi connectivity index (χ0n) is 21.8. The number of para-hydroxylation sites is 1. The van der Waals surface area contributed by atoms with Crippen LogP contribution < -0.4 is 10.1 Å². The molecule has 0 spiro atoms. The van der Waals surface area contributed by atoms with Gasteiger partial charge >= 0.3 is 6.18 Å². The van der Waals surface area contributed by atoms with Gasteiger partial charge in [0.2, 0.25) is 5.91 Å². The van der Waals surface area contributed by atoms with Gasteiger partial charge < -0.3 is 20.1 Å². The average molecular weight is 534 g/mol. The number of hydrogen-bond acceptors (Lipinski definition) is 5. The third-order valence-corrected chi connectivity index (χ3v) is 7.12. The Kier molecular flexibility index (Phi) is 8.32. The molecule has 2 aromatic rings. The molecule has 2 amide bonds. The van der Waals surface area contributed by atoms with E-state index in [4.69, 9.17) is 4.74 Å². The van der Waals surface area contributed by atoms with Crippen molar-refractivity contribution in [1.29, 1.82) is 0 Å². The van der Waals surface area contributed by atoms with Gasteiger partial charge in [-0.1, -0.05) is 25.1 Å². The van der Waals surface area contributed by atoms with Crippen LogP contribution in [0.2, 0.25) is 0 Å². The topological polar surface area (TPSA) is 82.1 Å². The lowest BCUT2D eigenvalue weighted by molar-refractivity contribution is -0.137. The van der Waals surface area contributed by atoms with E-state index < -0.39 is 23.9 Å². The molecule has 2 N–H and O–H groups in total. The molecule has 0 unspecified atom stereocenters. The third kappa shape index (κ3) is 6.47. The Bertz CT molecular complexity index is 1150. The number of amides is 2. The van der Waals surface area contributed by atoms with Crippen molar-refractivity contribution in [3.05, 3.63) is 59.2 Å². The van der Waals surface area contributed by atoms with Crippen LogP contribution in [0, 0.1) is 11.8 Å². The van der Waals surface area contributed by atoms with Crippen LogP contribution in [0.25, 0.3) is 0 Å². The number of anilines is 1. The van der Waals surface area contributed by atoms with Crippen LogP contribution in [-0.4, -0.2) is 65.6 Å². The molecule has 0 radical (unpaired) electrons. The minimum absolute atomic E-state index is 0.0365. The van der Waals surface area contributed by atoms with Crippen molar-refractivity contribution in [1.82, 2.24) is 9.80 Å². The molecule has 0 saturated heterocycles. The van der Waals surface area contributed by atoms with Gasteiger partial charge in [-0.05, 0) is 56.6 Å². The first kappa shape index (κ1) is 27.9. The summed E-state index contributed by atoms with van der Waals surface area (Å²) in [7, 11) is 1.85. The van der Waals surface area contributed by atoms with Crippen molar-refractivity contribution >= 4 is 17.5 Å². The van der Waals surface area contributed by atoms with Crippen LogP contribution in [0.5, 0.6) is 5.75 Å². The number of ether oxygens (including phenoxy) is 1. The minimum Gasteiger partial charge on any atom is -0.486 e. The molecule has 1 aliphatic carbocycles. The van der Waals surface area contributed by atoms with Gasteiger partial charge in [0.25, 0.3) is 5.91 Å². The summed E-state index contributed by atoms with van der Waals surface area (Å²) in [6.45, 7) is 4.69. The Labute approximate surface area is 220 Å². The predicted molar refractivity (Wildman–Crippen MR) is 137 cm³/mol. The van der Waals surface area contributed by atoms with Crippen LogP contribution in [0.15, 0.2) is 42.5 Å². The molecule has 4 rings (SSSR count). The number of nitrogens with zero attached hydrogens (tertiary/aromatic N) is 2. The summed E-state index contributed by atoms with van der Waals surface area (Å²) in [5.74, 6) is -0.288. The Morgan fingerprint density at radius 2 is 1.89 bits per heavy atom. The van der Waals surface area contributed by atoms with Gasteiger partial charge in [0, 0.05) is 31.5 Å². The first-order chi connectivity index (χ1) is 18.0. The molecular weight excluding hydrogens is 499 g/mol. The van der Waals surface area contributed by atoms with Crippen LogP contribution in [0.3, 0.4) is 0 Å². The van der Waals surface area contributed by atoms with Crippen LogP contribution in [-0.2, 0) is 17.5 Å². The molecule has 2 aromatic carbocycles. The highest BCUT2D eigenvalue weighted by Gasteiger charge is 2.36. The fourth-order valence-corrected chi connectivity index (χ4v) is 4.62. The summed E-state index contributed by atoms with van der Waals surface area (Å²) in [6, 6.07) is 9.71. The molecule has 1 heterocycles. The third-order valence-electron chi connectivity index (χ3n) is 7.12. The van der Waals surface area contributed by atoms with Gasteiger partial charge in [0.15, 0.2) is 5.75 Å². The number of fused-ring (bicyclic) bond motifs is 1. The Hall–Kier alpha value is -3.11. The summed E-state index contributed by atoms with van der Waals surface area (Å²) < 4.78 is 45.3. The average Bonchev–Trinajstić information content (AvgIpc) is 3.71. The number of alkyl halides is 3. The summed E-state index contributed by atoms with van der Waals surface area (Å²) in [4.78, 5) is 29.7. The number of nitrogens with one attached hydrogen (secondary N) is 1. The van der Waals surface area contributed by atoms with E-state index in [1.807, 2.05) is 18.9 Å². The quantitative estimate of drug-likeness (QED) is 0.526. The predicted octanol–water partition coefficient (Wildman–Crippen LogP) is 4.41. The van der Waals surface area contributed by atoms with E-state index in [0.717, 1.165) is 30.5 Å². The SMILES string of the molecule is C[C@H]1CN([C@@H](C)CO)C(=O)c2cccc(NC(=O)C3CC3)c2O[C@H]1CN(C)Cc1ccc(C(F)(F)F)cc1. The Morgan fingerprint density at radius 3 is 2.50 bits per heavy atom. The highest BCUT2D eigenvalue weighted by atomic mass is 19.4. The number of aliphatic hydroxyl groups is 1. The second-order valence-electron chi connectivity index (χ2n) is 10.5. The van der Waals surface area contributed by atoms with Crippen molar-refractivity contribution in [2.75, 3.05) is 32.1 Å². The number of carbonyl (C=O) groups is 2. The zero-order chi connectivity index (χ0) is 27.6. The number of aliphatic hydroxyl groups excluding tert-OH is 1. The van der Waals surface area contributed by atoms with E-state index in [1.165, 1.54) is 12.1 Å². The summed E-state index contributed by atoms with van der Waals surface area (Å²) in [5, 5.41) is 12.7. The maximum Gasteiger partial charge on any atom is 0.416 e. The van der Waals surface area contributed by atoms with Gasteiger partial charge in [-0.2, -0.15) is 13.2 Å². The highest BCUT2D eigenvalue weighted by Crippen LogP contribution is 2.37. The smallest absolute Gasteiger partial charge is 0.416 e. The zero-order valence-corrected chi connectivity index (χ0v) is 21.8. The molecule has 38 heavy (non-hydrogen) atoms. The number of rotatable bonds is 8. The standard InChI is InChI=1S/C28H34F3N3O4/c1-17-13-34(18(2)16-35)27(37)22-5-4-6-23(32-26(36)20-9-10-20)25(22)38-24(17)15-33(3)14-19-7-11-21(12-8-19)28(29,30)31/h4-8,11-12,17-18,20,24,35H,9-10,13-16H2,1-3H3,(H,32,36)/t17-,18-,24-/m0/s1. The Morgan fingerprint density at radius 1 is 1.21 bits per heavy atom. The van der Waals surface area contributed by atoms with Gasteiger partial charge in [0.05, 0.1) is 29.5 Å². The molecule has 1 aliphatic heterocycles. The number of halogens is 3. The van der Waals surface area contributed by atoms with E-state index >= 15 is 0 Å². The van der Waals surface area contributed by atoms with Gasteiger partial charge in [0.1, 0.15) is 6.10 Å². The molecule has 0 bridgehead atoms. The fraction of sp³-hybridized carbons (Fsp3) is 0.500. The lowest BCUT2D eigenvalue weighted by atomic mass is 9.98. The molecule has 3 atom stereocenters. The minimum atomic E-state index is -4.39. The van der Waals surface area contributed by atoms with E-state index in [2.05, 4.69) is 5.32 Å². The van der Waals surface area contributed by atoms with Crippen molar-refractivity contribution in [2.24, 2.45) is 11.8 Å². The van der Waals surface area contributed by atoms with Crippen LogP contribution in [0.4, 0.5) is 18.9 Å². The van der Waals surface area contributed by atoms with E-state index in [0.29, 0.717) is 36.6 Å². The first-order valence-corrected chi connectivity index (χ1v) is 12.8. The fourth-order valence-electron chi connectivity index (χ4n) is 4.62. The summed E-state index contributed by atoms with van der Waals surface area (Å²) in [6.07, 6.45) is -3.14. The van der Waals surface area contributed by atoms with Crippen molar-refractivity contribution in [3.8, 4) is 5.75 Å².